The lowest BCUT2D eigenvalue weighted by atomic mass is 10.0. The Bertz CT molecular complexity index is 2010. The molecule has 0 aliphatic heterocycles. The van der Waals surface area contributed by atoms with E-state index in [0.717, 1.165) is 44.2 Å². The molecule has 0 fully saturated rings. The molecule has 0 spiro atoms. The Hall–Kier alpha value is -6.40. The molecule has 6 aromatic carbocycles. The summed E-state index contributed by atoms with van der Waals surface area (Å²) < 4.78 is 0. The first-order chi connectivity index (χ1) is 22.8. The normalized spacial score (nSPS) is 11.0. The summed E-state index contributed by atoms with van der Waals surface area (Å²) in [6.45, 7) is 0. The topological polar surface area (TPSA) is 77.3 Å². The molecule has 6 heteroatoms. The van der Waals surface area contributed by atoms with Crippen LogP contribution in [0, 0.1) is 0 Å². The monoisotopic (exact) mass is 590 g/mol. The highest BCUT2D eigenvalue weighted by Crippen LogP contribution is 2.30. The molecule has 0 unspecified atom stereocenters. The van der Waals surface area contributed by atoms with Crippen molar-refractivity contribution in [3.63, 3.8) is 0 Å². The van der Waals surface area contributed by atoms with Crippen molar-refractivity contribution in [2.45, 2.75) is 0 Å². The molecule has 0 aliphatic carbocycles. The van der Waals surface area contributed by atoms with Crippen molar-refractivity contribution < 1.29 is 0 Å². The van der Waals surface area contributed by atoms with Crippen molar-refractivity contribution in [2.75, 3.05) is 0 Å². The highest BCUT2D eigenvalue weighted by molar-refractivity contribution is 5.90. The van der Waals surface area contributed by atoms with E-state index in [1.807, 2.05) is 121 Å². The first-order valence-corrected chi connectivity index (χ1v) is 15.1. The van der Waals surface area contributed by atoms with E-state index in [9.17, 15) is 0 Å². The number of hydrogen-bond donors (Lipinski definition) is 0. The smallest absolute Gasteiger partial charge is 0.164 e. The molecule has 0 N–H and O–H groups in total. The molecule has 0 radical (unpaired) electrons. The Morgan fingerprint density at radius 2 is 0.457 bits per heavy atom. The number of rotatable bonds is 6. The highest BCUT2D eigenvalue weighted by Gasteiger charge is 2.15. The van der Waals surface area contributed by atoms with Crippen molar-refractivity contribution in [1.82, 2.24) is 29.9 Å². The maximum atomic E-state index is 4.90. The van der Waals surface area contributed by atoms with Gasteiger partial charge in [-0.1, -0.05) is 146 Å². The number of nitrogens with zero attached hydrogens (tertiary/aromatic N) is 6. The van der Waals surface area contributed by atoms with Crippen LogP contribution in [-0.4, -0.2) is 29.9 Å². The van der Waals surface area contributed by atoms with Crippen molar-refractivity contribution in [3.8, 4) is 68.3 Å². The van der Waals surface area contributed by atoms with Crippen LogP contribution < -0.4 is 0 Å². The Labute approximate surface area is 266 Å². The van der Waals surface area contributed by atoms with Crippen LogP contribution in [0.2, 0.25) is 0 Å². The zero-order chi connectivity index (χ0) is 30.7. The van der Waals surface area contributed by atoms with Crippen LogP contribution in [0.15, 0.2) is 158 Å². The van der Waals surface area contributed by atoms with Crippen LogP contribution in [0.25, 0.3) is 79.1 Å². The lowest BCUT2D eigenvalue weighted by Crippen LogP contribution is -2.00. The van der Waals surface area contributed by atoms with E-state index >= 15 is 0 Å². The van der Waals surface area contributed by atoms with E-state index < -0.39 is 0 Å². The fourth-order valence-corrected chi connectivity index (χ4v) is 5.40. The zero-order valence-corrected chi connectivity index (χ0v) is 24.7. The van der Waals surface area contributed by atoms with Crippen molar-refractivity contribution in [2.24, 2.45) is 0 Å². The molecule has 2 aromatic heterocycles. The molecule has 0 aliphatic rings. The summed E-state index contributed by atoms with van der Waals surface area (Å²) in [5.41, 5.74) is 5.59. The SMILES string of the molecule is c1ccc(-c2nc(-c3ccccc3)nc(-c3ccc4cc(-c5nc(-c6ccccc6)nc(-c6ccccc6)n5)ccc4c3)n2)cc1. The van der Waals surface area contributed by atoms with Gasteiger partial charge in [0.25, 0.3) is 0 Å². The largest absolute Gasteiger partial charge is 0.208 e. The minimum atomic E-state index is 0.621. The number of aromatic nitrogens is 6. The third-order valence-electron chi connectivity index (χ3n) is 7.76. The average Bonchev–Trinajstić information content (AvgIpc) is 3.15. The molecule has 0 saturated heterocycles. The minimum absolute atomic E-state index is 0.621. The van der Waals surface area contributed by atoms with E-state index in [1.54, 1.807) is 0 Å². The Kier molecular flexibility index (Phi) is 7.05. The molecule has 0 bridgehead atoms. The van der Waals surface area contributed by atoms with Crippen LogP contribution in [0.5, 0.6) is 0 Å². The summed E-state index contributed by atoms with van der Waals surface area (Å²) in [7, 11) is 0. The number of fused-ring (bicyclic) bond motifs is 1. The molecule has 46 heavy (non-hydrogen) atoms. The van der Waals surface area contributed by atoms with E-state index in [-0.39, 0.29) is 0 Å². The summed E-state index contributed by atoms with van der Waals surface area (Å²) in [4.78, 5) is 29.2. The molecule has 0 saturated carbocycles. The van der Waals surface area contributed by atoms with Crippen molar-refractivity contribution in [3.05, 3.63) is 158 Å². The van der Waals surface area contributed by atoms with Crippen molar-refractivity contribution in [1.29, 1.82) is 0 Å². The van der Waals surface area contributed by atoms with Crippen molar-refractivity contribution >= 4 is 10.8 Å². The van der Waals surface area contributed by atoms with Gasteiger partial charge in [0.15, 0.2) is 34.9 Å². The first-order valence-electron chi connectivity index (χ1n) is 15.1. The Morgan fingerprint density at radius 1 is 0.217 bits per heavy atom. The second-order valence-corrected chi connectivity index (χ2v) is 10.9. The molecule has 8 aromatic rings. The summed E-state index contributed by atoms with van der Waals surface area (Å²) in [5.74, 6) is 3.79. The van der Waals surface area contributed by atoms with Gasteiger partial charge in [-0.3, -0.25) is 0 Å². The van der Waals surface area contributed by atoms with E-state index in [1.165, 1.54) is 0 Å². The van der Waals surface area contributed by atoms with Gasteiger partial charge in [-0.05, 0) is 22.9 Å². The van der Waals surface area contributed by atoms with Gasteiger partial charge in [0, 0.05) is 33.4 Å². The molecular weight excluding hydrogens is 564 g/mol. The van der Waals surface area contributed by atoms with E-state index in [0.29, 0.717) is 34.9 Å². The summed E-state index contributed by atoms with van der Waals surface area (Å²) in [6.07, 6.45) is 0. The molecular formula is C40H26N6. The van der Waals surface area contributed by atoms with Crippen LogP contribution in [0.3, 0.4) is 0 Å². The second-order valence-electron chi connectivity index (χ2n) is 10.9. The quantitative estimate of drug-likeness (QED) is 0.192. The fourth-order valence-electron chi connectivity index (χ4n) is 5.40. The van der Waals surface area contributed by atoms with Gasteiger partial charge in [0.1, 0.15) is 0 Å². The molecule has 2 heterocycles. The summed E-state index contributed by atoms with van der Waals surface area (Å²) in [5, 5.41) is 2.12. The van der Waals surface area contributed by atoms with Gasteiger partial charge in [-0.2, -0.15) is 0 Å². The Balaban J connectivity index is 1.21. The van der Waals surface area contributed by atoms with Gasteiger partial charge in [0.2, 0.25) is 0 Å². The number of benzene rings is 6. The fraction of sp³-hybridized carbons (Fsp3) is 0. The molecule has 0 amide bonds. The predicted molar refractivity (Wildman–Crippen MR) is 183 cm³/mol. The van der Waals surface area contributed by atoms with Crippen LogP contribution in [0.1, 0.15) is 0 Å². The second kappa shape index (κ2) is 11.9. The molecule has 216 valence electrons. The van der Waals surface area contributed by atoms with Crippen LogP contribution in [0.4, 0.5) is 0 Å². The van der Waals surface area contributed by atoms with Gasteiger partial charge in [-0.25, -0.2) is 29.9 Å². The predicted octanol–water partition coefficient (Wildman–Crippen LogP) is 9.21. The lowest BCUT2D eigenvalue weighted by molar-refractivity contribution is 1.07. The van der Waals surface area contributed by atoms with Gasteiger partial charge in [0.05, 0.1) is 0 Å². The maximum Gasteiger partial charge on any atom is 0.164 e. The zero-order valence-electron chi connectivity index (χ0n) is 24.7. The third-order valence-corrected chi connectivity index (χ3v) is 7.76. The van der Waals surface area contributed by atoms with Crippen LogP contribution in [-0.2, 0) is 0 Å². The summed E-state index contributed by atoms with van der Waals surface area (Å²) >= 11 is 0. The van der Waals surface area contributed by atoms with Gasteiger partial charge >= 0.3 is 0 Å². The van der Waals surface area contributed by atoms with E-state index in [2.05, 4.69) is 36.4 Å². The molecule has 8 rings (SSSR count). The lowest BCUT2D eigenvalue weighted by Gasteiger charge is -2.10. The molecule has 0 atom stereocenters. The van der Waals surface area contributed by atoms with Crippen LogP contribution >= 0.6 is 0 Å². The average molecular weight is 591 g/mol. The highest BCUT2D eigenvalue weighted by atomic mass is 15.0. The minimum Gasteiger partial charge on any atom is -0.208 e. The first kappa shape index (κ1) is 27.2. The van der Waals surface area contributed by atoms with E-state index in [4.69, 9.17) is 29.9 Å². The summed E-state index contributed by atoms with van der Waals surface area (Å²) in [6, 6.07) is 52.6. The third kappa shape index (κ3) is 5.51. The standard InChI is InChI=1S/C40H26N6/c1-5-13-27(14-6-1)35-41-36(28-15-7-2-8-16-28)44-39(43-35)33-23-21-32-26-34(24-22-31(32)25-33)40-45-37(29-17-9-3-10-18-29)42-38(46-40)30-19-11-4-12-20-30/h1-26H. The Morgan fingerprint density at radius 3 is 0.717 bits per heavy atom. The maximum absolute atomic E-state index is 4.90. The van der Waals surface area contributed by atoms with Gasteiger partial charge < -0.3 is 0 Å². The van der Waals surface area contributed by atoms with Gasteiger partial charge in [-0.15, -0.1) is 0 Å². The molecule has 6 nitrogen and oxygen atoms in total. The number of hydrogen-bond acceptors (Lipinski definition) is 6.